The second-order valence-corrected chi connectivity index (χ2v) is 5.58. The number of phenols is 2. The van der Waals surface area contributed by atoms with Crippen LogP contribution in [0.5, 0.6) is 11.5 Å². The van der Waals surface area contributed by atoms with E-state index in [9.17, 15) is 0 Å². The number of phenolic OH excluding ortho intramolecular Hbond substituents is 2. The smallest absolute Gasteiger partial charge is 0.143 e. The molecule has 0 spiro atoms. The van der Waals surface area contributed by atoms with Gasteiger partial charge in [-0.25, -0.2) is 0 Å². The molecule has 0 saturated carbocycles. The fraction of sp³-hybridized carbons (Fsp3) is 0. The van der Waals surface area contributed by atoms with E-state index >= 15 is 0 Å². The molecule has 0 saturated heterocycles. The summed E-state index contributed by atoms with van der Waals surface area (Å²) in [5, 5.41) is 18.0. The van der Waals surface area contributed by atoms with E-state index in [2.05, 4.69) is 47.8 Å². The third-order valence-electron chi connectivity index (χ3n) is 1.79. The van der Waals surface area contributed by atoms with Crippen molar-refractivity contribution in [3.05, 3.63) is 55.9 Å². The van der Waals surface area contributed by atoms with Gasteiger partial charge in [0, 0.05) is 0 Å². The Morgan fingerprint density at radius 1 is 0.647 bits per heavy atom. The molecule has 0 heterocycles. The molecule has 0 unspecified atom stereocenters. The number of aromatic hydroxyl groups is 2. The average molecular weight is 425 g/mol. The molecular formula is C12H9Br3O2. The van der Waals surface area contributed by atoms with Gasteiger partial charge in [-0.3, -0.25) is 0 Å². The molecule has 0 aliphatic rings. The van der Waals surface area contributed by atoms with Crippen molar-refractivity contribution in [2.24, 2.45) is 0 Å². The fourth-order valence-corrected chi connectivity index (χ4v) is 2.22. The van der Waals surface area contributed by atoms with E-state index < -0.39 is 0 Å². The van der Waals surface area contributed by atoms with Crippen LogP contribution in [0, 0.1) is 0 Å². The highest BCUT2D eigenvalue weighted by molar-refractivity contribution is 9.11. The van der Waals surface area contributed by atoms with Crippen LogP contribution >= 0.6 is 47.8 Å². The van der Waals surface area contributed by atoms with E-state index in [1.54, 1.807) is 30.3 Å². The fourth-order valence-electron chi connectivity index (χ4n) is 0.941. The second-order valence-electron chi connectivity index (χ2n) is 3.02. The molecule has 0 fully saturated rings. The van der Waals surface area contributed by atoms with Gasteiger partial charge in [-0.2, -0.15) is 0 Å². The molecule has 2 N–H and O–H groups in total. The van der Waals surface area contributed by atoms with Crippen LogP contribution in [0.1, 0.15) is 0 Å². The first-order valence-corrected chi connectivity index (χ1v) is 6.96. The zero-order chi connectivity index (χ0) is 12.8. The monoisotopic (exact) mass is 422 g/mol. The Hall–Kier alpha value is -0.520. The maximum absolute atomic E-state index is 9.11. The summed E-state index contributed by atoms with van der Waals surface area (Å²) in [6.45, 7) is 0. The number of hydrogen-bond donors (Lipinski definition) is 2. The van der Waals surface area contributed by atoms with Crippen molar-refractivity contribution in [2.75, 3.05) is 0 Å². The zero-order valence-electron chi connectivity index (χ0n) is 8.57. The maximum Gasteiger partial charge on any atom is 0.143 e. The van der Waals surface area contributed by atoms with Gasteiger partial charge >= 0.3 is 0 Å². The summed E-state index contributed by atoms with van der Waals surface area (Å²) in [5.41, 5.74) is 0. The van der Waals surface area contributed by atoms with Gasteiger partial charge in [0.05, 0.1) is 13.4 Å². The van der Waals surface area contributed by atoms with E-state index in [0.717, 1.165) is 4.47 Å². The van der Waals surface area contributed by atoms with Gasteiger partial charge in [0.1, 0.15) is 11.5 Å². The molecule has 5 heteroatoms. The second kappa shape index (κ2) is 7.03. The molecule has 90 valence electrons. The SMILES string of the molecule is Oc1c(Br)cccc1Br.Oc1ccccc1Br. The van der Waals surface area contributed by atoms with Gasteiger partial charge in [0.15, 0.2) is 0 Å². The molecule has 2 aromatic carbocycles. The first-order valence-electron chi connectivity index (χ1n) is 4.59. The van der Waals surface area contributed by atoms with Crippen molar-refractivity contribution in [1.29, 1.82) is 0 Å². The largest absolute Gasteiger partial charge is 0.507 e. The third kappa shape index (κ3) is 4.69. The van der Waals surface area contributed by atoms with Crippen LogP contribution < -0.4 is 0 Å². The predicted octanol–water partition coefficient (Wildman–Crippen LogP) is 5.07. The predicted molar refractivity (Wildman–Crippen MR) is 79.3 cm³/mol. The molecule has 0 aliphatic carbocycles. The normalized spacial score (nSPS) is 9.35. The summed E-state index contributed by atoms with van der Waals surface area (Å²) < 4.78 is 2.15. The van der Waals surface area contributed by atoms with Crippen LogP contribution in [0.2, 0.25) is 0 Å². The van der Waals surface area contributed by atoms with Crippen molar-refractivity contribution >= 4 is 47.8 Å². The van der Waals surface area contributed by atoms with Crippen LogP contribution in [-0.2, 0) is 0 Å². The zero-order valence-corrected chi connectivity index (χ0v) is 13.3. The lowest BCUT2D eigenvalue weighted by Crippen LogP contribution is -1.68. The average Bonchev–Trinajstić information content (AvgIpc) is 2.31. The minimum atomic E-state index is 0.248. The molecule has 2 rings (SSSR count). The lowest BCUT2D eigenvalue weighted by atomic mass is 10.3. The summed E-state index contributed by atoms with van der Waals surface area (Å²) in [4.78, 5) is 0. The highest BCUT2D eigenvalue weighted by Gasteiger charge is 1.98. The Kier molecular flexibility index (Phi) is 6.02. The Morgan fingerprint density at radius 2 is 1.12 bits per heavy atom. The van der Waals surface area contributed by atoms with Crippen molar-refractivity contribution in [3.63, 3.8) is 0 Å². The van der Waals surface area contributed by atoms with E-state index in [4.69, 9.17) is 10.2 Å². The summed E-state index contributed by atoms with van der Waals surface area (Å²) in [6, 6.07) is 12.4. The first-order chi connectivity index (χ1) is 8.02. The molecule has 0 bridgehead atoms. The van der Waals surface area contributed by atoms with E-state index in [1.807, 2.05) is 12.1 Å². The molecule has 17 heavy (non-hydrogen) atoms. The summed E-state index contributed by atoms with van der Waals surface area (Å²) in [5.74, 6) is 0.532. The van der Waals surface area contributed by atoms with Gasteiger partial charge in [0.2, 0.25) is 0 Å². The molecule has 0 atom stereocenters. The highest BCUT2D eigenvalue weighted by atomic mass is 79.9. The topological polar surface area (TPSA) is 40.5 Å². The number of benzene rings is 2. The molecule has 0 amide bonds. The van der Waals surface area contributed by atoms with Crippen molar-refractivity contribution in [2.45, 2.75) is 0 Å². The van der Waals surface area contributed by atoms with Crippen molar-refractivity contribution < 1.29 is 10.2 Å². The molecular weight excluding hydrogens is 416 g/mol. The molecule has 0 aromatic heterocycles. The Labute approximate surface area is 125 Å². The van der Waals surface area contributed by atoms with Crippen LogP contribution in [0.3, 0.4) is 0 Å². The summed E-state index contributed by atoms with van der Waals surface area (Å²) >= 11 is 9.48. The standard InChI is InChI=1S/C6H4Br2O.C6H5BrO/c7-4-2-1-3-5(8)6(4)9;7-5-3-1-2-4-6(5)8/h1-3,9H;1-4,8H. The number of rotatable bonds is 0. The minimum absolute atomic E-state index is 0.248. The lowest BCUT2D eigenvalue weighted by Gasteiger charge is -1.96. The first kappa shape index (κ1) is 14.5. The van der Waals surface area contributed by atoms with Crippen LogP contribution in [0.4, 0.5) is 0 Å². The van der Waals surface area contributed by atoms with Crippen LogP contribution in [0.15, 0.2) is 55.9 Å². The number of para-hydroxylation sites is 2. The van der Waals surface area contributed by atoms with Gasteiger partial charge < -0.3 is 10.2 Å². The Balaban J connectivity index is 0.000000171. The van der Waals surface area contributed by atoms with Crippen molar-refractivity contribution in [3.8, 4) is 11.5 Å². The number of hydrogen-bond acceptors (Lipinski definition) is 2. The van der Waals surface area contributed by atoms with E-state index in [-0.39, 0.29) is 11.5 Å². The Bertz CT molecular complexity index is 460. The maximum atomic E-state index is 9.11. The lowest BCUT2D eigenvalue weighted by molar-refractivity contribution is 0.468. The van der Waals surface area contributed by atoms with E-state index in [0.29, 0.717) is 8.95 Å². The summed E-state index contributed by atoms with van der Waals surface area (Å²) in [6.07, 6.45) is 0. The van der Waals surface area contributed by atoms with Gasteiger partial charge in [0.25, 0.3) is 0 Å². The Morgan fingerprint density at radius 3 is 1.47 bits per heavy atom. The molecule has 2 aromatic rings. The third-order valence-corrected chi connectivity index (χ3v) is 3.74. The van der Waals surface area contributed by atoms with Crippen LogP contribution in [-0.4, -0.2) is 10.2 Å². The summed E-state index contributed by atoms with van der Waals surface area (Å²) in [7, 11) is 0. The minimum Gasteiger partial charge on any atom is -0.507 e. The molecule has 0 radical (unpaired) electrons. The quantitative estimate of drug-likeness (QED) is 0.619. The van der Waals surface area contributed by atoms with Gasteiger partial charge in [-0.1, -0.05) is 18.2 Å². The molecule has 2 nitrogen and oxygen atoms in total. The van der Waals surface area contributed by atoms with Gasteiger partial charge in [-0.15, -0.1) is 0 Å². The van der Waals surface area contributed by atoms with E-state index in [1.165, 1.54) is 0 Å². The van der Waals surface area contributed by atoms with Crippen molar-refractivity contribution in [1.82, 2.24) is 0 Å². The van der Waals surface area contributed by atoms with Crippen LogP contribution in [0.25, 0.3) is 0 Å². The molecule has 0 aliphatic heterocycles. The highest BCUT2D eigenvalue weighted by Crippen LogP contribution is 2.30. The number of halogens is 3. The van der Waals surface area contributed by atoms with Gasteiger partial charge in [-0.05, 0) is 72.1 Å².